The van der Waals surface area contributed by atoms with Crippen molar-refractivity contribution in [3.05, 3.63) is 16.8 Å². The van der Waals surface area contributed by atoms with Crippen LogP contribution in [0.4, 0.5) is 10.6 Å². The van der Waals surface area contributed by atoms with Crippen molar-refractivity contribution in [1.29, 1.82) is 0 Å². The second kappa shape index (κ2) is 6.68. The van der Waals surface area contributed by atoms with E-state index in [1.54, 1.807) is 11.2 Å². The van der Waals surface area contributed by atoms with E-state index in [1.165, 1.54) is 35.1 Å². The number of carbonyl (C=O) groups excluding carboxylic acids is 1. The van der Waals surface area contributed by atoms with E-state index < -0.39 is 5.60 Å². The molecule has 7 heteroatoms. The number of rotatable bonds is 1. The second-order valence-corrected chi connectivity index (χ2v) is 9.13. The van der Waals surface area contributed by atoms with E-state index in [1.807, 2.05) is 32.1 Å². The summed E-state index contributed by atoms with van der Waals surface area (Å²) in [5.74, 6) is 1.04. The maximum absolute atomic E-state index is 12.3. The number of hydrogen-bond donors (Lipinski definition) is 0. The zero-order valence-corrected chi connectivity index (χ0v) is 16.6. The van der Waals surface area contributed by atoms with Gasteiger partial charge in [0, 0.05) is 31.1 Å². The molecule has 6 nitrogen and oxygen atoms in total. The predicted molar refractivity (Wildman–Crippen MR) is 104 cm³/mol. The van der Waals surface area contributed by atoms with Crippen LogP contribution in [-0.4, -0.2) is 52.7 Å². The van der Waals surface area contributed by atoms with Crippen LogP contribution in [0.1, 0.15) is 44.1 Å². The maximum Gasteiger partial charge on any atom is 0.410 e. The highest BCUT2D eigenvalue weighted by Crippen LogP contribution is 2.39. The normalized spacial score (nSPS) is 18.1. The van der Waals surface area contributed by atoms with E-state index in [0.717, 1.165) is 30.2 Å². The number of nitrogens with zero attached hydrogens (tertiary/aromatic N) is 4. The molecule has 2 aromatic rings. The molecule has 0 unspecified atom stereocenters. The largest absolute Gasteiger partial charge is 0.444 e. The Bertz CT molecular complexity index is 819. The standard InChI is InChI=1S/C19H26N4O2S/c1-19(2,3)25-18(24)23-10-8-22(9-11-23)16-15-13-6-4-5-7-14(13)26-17(15)21-12-20-16/h12H,4-11H2,1-3H3. The van der Waals surface area contributed by atoms with Gasteiger partial charge in [-0.2, -0.15) is 0 Å². The number of piperazine rings is 1. The minimum Gasteiger partial charge on any atom is -0.444 e. The fourth-order valence-electron chi connectivity index (χ4n) is 3.74. The Morgan fingerprint density at radius 3 is 2.58 bits per heavy atom. The molecule has 0 radical (unpaired) electrons. The van der Waals surface area contributed by atoms with Gasteiger partial charge in [0.15, 0.2) is 0 Å². The van der Waals surface area contributed by atoms with Crippen LogP contribution in [0.5, 0.6) is 0 Å². The van der Waals surface area contributed by atoms with Crippen molar-refractivity contribution in [2.75, 3.05) is 31.1 Å². The number of carbonyl (C=O) groups is 1. The van der Waals surface area contributed by atoms with Crippen LogP contribution in [0.15, 0.2) is 6.33 Å². The topological polar surface area (TPSA) is 58.6 Å². The molecule has 4 rings (SSSR count). The summed E-state index contributed by atoms with van der Waals surface area (Å²) in [4.78, 5) is 28.1. The van der Waals surface area contributed by atoms with Crippen molar-refractivity contribution < 1.29 is 9.53 Å². The molecule has 0 bridgehead atoms. The van der Waals surface area contributed by atoms with Gasteiger partial charge in [0.2, 0.25) is 0 Å². The number of amides is 1. The minimum atomic E-state index is -0.456. The van der Waals surface area contributed by atoms with Crippen LogP contribution in [0.25, 0.3) is 10.2 Å². The molecule has 0 atom stereocenters. The van der Waals surface area contributed by atoms with Crippen molar-refractivity contribution in [2.24, 2.45) is 0 Å². The first kappa shape index (κ1) is 17.5. The van der Waals surface area contributed by atoms with Crippen LogP contribution < -0.4 is 4.90 Å². The Kier molecular flexibility index (Phi) is 4.50. The molecular weight excluding hydrogens is 348 g/mol. The Morgan fingerprint density at radius 1 is 1.12 bits per heavy atom. The SMILES string of the molecule is CC(C)(C)OC(=O)N1CCN(c2ncnc3sc4c(c23)CCCC4)CC1. The third kappa shape index (κ3) is 3.37. The van der Waals surface area contributed by atoms with Crippen LogP contribution in [0.3, 0.4) is 0 Å². The average Bonchev–Trinajstić information content (AvgIpc) is 2.99. The van der Waals surface area contributed by atoms with Crippen molar-refractivity contribution >= 4 is 33.5 Å². The summed E-state index contributed by atoms with van der Waals surface area (Å²) in [6, 6.07) is 0. The van der Waals surface area contributed by atoms with Crippen molar-refractivity contribution in [1.82, 2.24) is 14.9 Å². The summed E-state index contributed by atoms with van der Waals surface area (Å²) in [6.45, 7) is 8.57. The van der Waals surface area contributed by atoms with Gasteiger partial charge < -0.3 is 14.5 Å². The smallest absolute Gasteiger partial charge is 0.410 e. The van der Waals surface area contributed by atoms with Crippen molar-refractivity contribution in [3.63, 3.8) is 0 Å². The zero-order chi connectivity index (χ0) is 18.3. The van der Waals surface area contributed by atoms with Crippen LogP contribution in [0, 0.1) is 0 Å². The molecule has 3 heterocycles. The highest BCUT2D eigenvalue weighted by molar-refractivity contribution is 7.19. The Morgan fingerprint density at radius 2 is 1.85 bits per heavy atom. The monoisotopic (exact) mass is 374 g/mol. The van der Waals surface area contributed by atoms with Gasteiger partial charge in [-0.1, -0.05) is 0 Å². The van der Waals surface area contributed by atoms with Gasteiger partial charge in [-0.05, 0) is 52.0 Å². The van der Waals surface area contributed by atoms with Crippen molar-refractivity contribution in [3.8, 4) is 0 Å². The number of aromatic nitrogens is 2. The van der Waals surface area contributed by atoms with Gasteiger partial charge in [-0.15, -0.1) is 11.3 Å². The summed E-state index contributed by atoms with van der Waals surface area (Å²) in [5.41, 5.74) is 1.00. The lowest BCUT2D eigenvalue weighted by atomic mass is 9.97. The third-order valence-corrected chi connectivity index (χ3v) is 6.16. The van der Waals surface area contributed by atoms with E-state index in [9.17, 15) is 4.79 Å². The molecule has 26 heavy (non-hydrogen) atoms. The average molecular weight is 375 g/mol. The zero-order valence-electron chi connectivity index (χ0n) is 15.7. The molecule has 1 amide bonds. The lowest BCUT2D eigenvalue weighted by Gasteiger charge is -2.36. The molecule has 1 fully saturated rings. The first-order valence-corrected chi connectivity index (χ1v) is 10.2. The highest BCUT2D eigenvalue weighted by atomic mass is 32.1. The second-order valence-electron chi connectivity index (χ2n) is 8.04. The summed E-state index contributed by atoms with van der Waals surface area (Å²) >= 11 is 1.83. The van der Waals surface area contributed by atoms with Gasteiger partial charge >= 0.3 is 6.09 Å². The number of fused-ring (bicyclic) bond motifs is 3. The van der Waals surface area contributed by atoms with E-state index in [-0.39, 0.29) is 6.09 Å². The van der Waals surface area contributed by atoms with Gasteiger partial charge in [-0.3, -0.25) is 0 Å². The highest BCUT2D eigenvalue weighted by Gasteiger charge is 2.28. The molecule has 0 spiro atoms. The summed E-state index contributed by atoms with van der Waals surface area (Å²) in [6.07, 6.45) is 6.28. The van der Waals surface area contributed by atoms with E-state index in [0.29, 0.717) is 13.1 Å². The third-order valence-electron chi connectivity index (χ3n) is 4.96. The molecule has 2 aliphatic rings. The quantitative estimate of drug-likeness (QED) is 0.763. The lowest BCUT2D eigenvalue weighted by molar-refractivity contribution is 0.0240. The minimum absolute atomic E-state index is 0.224. The van der Waals surface area contributed by atoms with Crippen LogP contribution in [0.2, 0.25) is 0 Å². The van der Waals surface area contributed by atoms with Gasteiger partial charge in [-0.25, -0.2) is 14.8 Å². The van der Waals surface area contributed by atoms with Crippen LogP contribution in [-0.2, 0) is 17.6 Å². The fraction of sp³-hybridized carbons (Fsp3) is 0.632. The molecule has 0 saturated carbocycles. The van der Waals surface area contributed by atoms with E-state index >= 15 is 0 Å². The number of thiophene rings is 1. The number of hydrogen-bond acceptors (Lipinski definition) is 6. The first-order valence-electron chi connectivity index (χ1n) is 9.40. The Balaban J connectivity index is 1.53. The van der Waals surface area contributed by atoms with Gasteiger partial charge in [0.05, 0.1) is 5.39 Å². The lowest BCUT2D eigenvalue weighted by Crippen LogP contribution is -2.50. The summed E-state index contributed by atoms with van der Waals surface area (Å²) < 4.78 is 5.49. The molecular formula is C19H26N4O2S. The maximum atomic E-state index is 12.3. The van der Waals surface area contributed by atoms with Gasteiger partial charge in [0.25, 0.3) is 0 Å². The fourth-order valence-corrected chi connectivity index (χ4v) is 4.96. The molecule has 0 aromatic carbocycles. The van der Waals surface area contributed by atoms with Crippen LogP contribution >= 0.6 is 11.3 Å². The summed E-state index contributed by atoms with van der Waals surface area (Å²) in [5, 5.41) is 1.25. The molecule has 1 aliphatic heterocycles. The Labute approximate surface area is 158 Å². The molecule has 1 saturated heterocycles. The first-order chi connectivity index (χ1) is 12.4. The molecule has 1 aliphatic carbocycles. The van der Waals surface area contributed by atoms with Gasteiger partial charge in [0.1, 0.15) is 22.6 Å². The molecule has 140 valence electrons. The predicted octanol–water partition coefficient (Wildman–Crippen LogP) is 3.63. The Hall–Kier alpha value is -1.89. The van der Waals surface area contributed by atoms with E-state index in [2.05, 4.69) is 14.9 Å². The molecule has 2 aromatic heterocycles. The van der Waals surface area contributed by atoms with Crippen molar-refractivity contribution in [2.45, 2.75) is 52.1 Å². The molecule has 0 N–H and O–H groups in total. The summed E-state index contributed by atoms with van der Waals surface area (Å²) in [7, 11) is 0. The van der Waals surface area contributed by atoms with E-state index in [4.69, 9.17) is 4.74 Å². The number of ether oxygens (including phenoxy) is 1. The number of anilines is 1. The number of aryl methyl sites for hydroxylation is 2.